The molecule has 0 atom stereocenters. The first-order chi connectivity index (χ1) is 7.08. The van der Waals surface area contributed by atoms with Crippen LogP contribution in [0.4, 0.5) is 0 Å². The number of carbonyl (C=O) groups is 2. The molecule has 2 rings (SSSR count). The molecule has 0 spiro atoms. The minimum atomic E-state index is -0.471. The Kier molecular flexibility index (Phi) is 2.36. The lowest BCUT2D eigenvalue weighted by atomic mass is 10.1. The van der Waals surface area contributed by atoms with E-state index in [-0.39, 0.29) is 23.2 Å². The average molecular weight is 227 g/mol. The first kappa shape index (κ1) is 9.98. The van der Waals surface area contributed by atoms with E-state index in [0.717, 1.165) is 0 Å². The van der Waals surface area contributed by atoms with E-state index in [4.69, 9.17) is 21.1 Å². The first-order valence-electron chi connectivity index (χ1n) is 4.26. The van der Waals surface area contributed by atoms with Crippen LogP contribution in [0.5, 0.6) is 11.5 Å². The first-order valence-corrected chi connectivity index (χ1v) is 4.63. The highest BCUT2D eigenvalue weighted by molar-refractivity contribution is 6.32. The normalized spacial score (nSPS) is 13.3. The van der Waals surface area contributed by atoms with Crippen LogP contribution in [0.2, 0.25) is 5.02 Å². The molecule has 0 saturated heterocycles. The van der Waals surface area contributed by atoms with Gasteiger partial charge in [-0.25, -0.2) is 0 Å². The second-order valence-electron chi connectivity index (χ2n) is 3.08. The summed E-state index contributed by atoms with van der Waals surface area (Å²) in [4.78, 5) is 22.0. The summed E-state index contributed by atoms with van der Waals surface area (Å²) in [6, 6.07) is 2.90. The van der Waals surface area contributed by atoms with Gasteiger partial charge in [0.25, 0.3) is 0 Å². The van der Waals surface area contributed by atoms with Gasteiger partial charge in [0.15, 0.2) is 12.4 Å². The standard InChI is InChI=1S/C10H7ClO4/c1-5(12)15-10-3-9-6(2-7(10)11)8(13)4-14-9/h2-3H,4H2,1H3. The lowest BCUT2D eigenvalue weighted by Crippen LogP contribution is -2.02. The van der Waals surface area contributed by atoms with Crippen molar-refractivity contribution in [1.82, 2.24) is 0 Å². The van der Waals surface area contributed by atoms with Gasteiger partial charge in [0.05, 0.1) is 10.6 Å². The molecule has 0 saturated carbocycles. The predicted molar refractivity (Wildman–Crippen MR) is 52.6 cm³/mol. The molecule has 1 aliphatic heterocycles. The van der Waals surface area contributed by atoms with Crippen LogP contribution < -0.4 is 9.47 Å². The Hall–Kier alpha value is -1.55. The van der Waals surface area contributed by atoms with E-state index in [1.165, 1.54) is 19.1 Å². The number of hydrogen-bond acceptors (Lipinski definition) is 4. The maximum Gasteiger partial charge on any atom is 0.308 e. The fraction of sp³-hybridized carbons (Fsp3) is 0.200. The summed E-state index contributed by atoms with van der Waals surface area (Å²) in [5.41, 5.74) is 0.427. The molecule has 1 heterocycles. The lowest BCUT2D eigenvalue weighted by Gasteiger charge is -2.05. The summed E-state index contributed by atoms with van der Waals surface area (Å²) in [5.74, 6) is 0.0146. The number of benzene rings is 1. The van der Waals surface area contributed by atoms with Crippen molar-refractivity contribution in [2.75, 3.05) is 6.61 Å². The molecule has 0 fully saturated rings. The zero-order valence-electron chi connectivity index (χ0n) is 7.87. The van der Waals surface area contributed by atoms with E-state index in [0.29, 0.717) is 11.3 Å². The van der Waals surface area contributed by atoms with Crippen molar-refractivity contribution in [3.8, 4) is 11.5 Å². The molecule has 0 N–H and O–H groups in total. The number of fused-ring (bicyclic) bond motifs is 1. The highest BCUT2D eigenvalue weighted by Crippen LogP contribution is 2.35. The number of rotatable bonds is 1. The fourth-order valence-corrected chi connectivity index (χ4v) is 1.53. The molecule has 0 aromatic heterocycles. The smallest absolute Gasteiger partial charge is 0.308 e. The summed E-state index contributed by atoms with van der Waals surface area (Å²) >= 11 is 5.83. The second-order valence-corrected chi connectivity index (χ2v) is 3.49. The third-order valence-corrected chi connectivity index (χ3v) is 2.24. The van der Waals surface area contributed by atoms with Crippen molar-refractivity contribution in [2.24, 2.45) is 0 Å². The molecule has 1 aromatic carbocycles. The monoisotopic (exact) mass is 226 g/mol. The molecular weight excluding hydrogens is 220 g/mol. The summed E-state index contributed by atoms with van der Waals surface area (Å²) in [6.45, 7) is 1.28. The van der Waals surface area contributed by atoms with Crippen molar-refractivity contribution in [3.63, 3.8) is 0 Å². The molecule has 1 aromatic rings. The van der Waals surface area contributed by atoms with E-state index in [9.17, 15) is 9.59 Å². The molecule has 1 aliphatic rings. The molecule has 0 amide bonds. The molecule has 15 heavy (non-hydrogen) atoms. The van der Waals surface area contributed by atoms with E-state index in [2.05, 4.69) is 0 Å². The third kappa shape index (κ3) is 1.80. The van der Waals surface area contributed by atoms with Gasteiger partial charge in [0.2, 0.25) is 5.78 Å². The van der Waals surface area contributed by atoms with Crippen LogP contribution in [0.25, 0.3) is 0 Å². The zero-order chi connectivity index (χ0) is 11.0. The summed E-state index contributed by atoms with van der Waals surface area (Å²) in [7, 11) is 0. The van der Waals surface area contributed by atoms with E-state index in [1.807, 2.05) is 0 Å². The van der Waals surface area contributed by atoms with E-state index in [1.54, 1.807) is 0 Å². The van der Waals surface area contributed by atoms with Gasteiger partial charge in [-0.1, -0.05) is 11.6 Å². The molecule has 0 unspecified atom stereocenters. The number of ketones is 1. The second kappa shape index (κ2) is 3.55. The number of carbonyl (C=O) groups excluding carboxylic acids is 2. The fourth-order valence-electron chi connectivity index (χ4n) is 1.33. The van der Waals surface area contributed by atoms with Gasteiger partial charge in [-0.2, -0.15) is 0 Å². The molecular formula is C10H7ClO4. The Bertz CT molecular complexity index is 453. The van der Waals surface area contributed by atoms with Crippen LogP contribution in [-0.4, -0.2) is 18.4 Å². The number of halogens is 1. The summed E-state index contributed by atoms with van der Waals surface area (Å²) in [6.07, 6.45) is 0. The highest BCUT2D eigenvalue weighted by Gasteiger charge is 2.23. The Morgan fingerprint density at radius 1 is 1.53 bits per heavy atom. The van der Waals surface area contributed by atoms with Gasteiger partial charge in [-0.15, -0.1) is 0 Å². The van der Waals surface area contributed by atoms with E-state index < -0.39 is 5.97 Å². The van der Waals surface area contributed by atoms with Crippen molar-refractivity contribution >= 4 is 23.4 Å². The number of Topliss-reactive ketones (excluding diaryl/α,β-unsaturated/α-hetero) is 1. The minimum absolute atomic E-state index is 0.00911. The number of ether oxygens (including phenoxy) is 2. The maximum absolute atomic E-state index is 11.3. The largest absolute Gasteiger partial charge is 0.485 e. The maximum atomic E-state index is 11.3. The van der Waals surface area contributed by atoms with Crippen LogP contribution in [0.3, 0.4) is 0 Å². The Balaban J connectivity index is 2.44. The quantitative estimate of drug-likeness (QED) is 0.542. The van der Waals surface area contributed by atoms with Gasteiger partial charge < -0.3 is 9.47 Å². The molecule has 0 radical (unpaired) electrons. The number of esters is 1. The molecule has 0 aliphatic carbocycles. The third-order valence-electron chi connectivity index (χ3n) is 1.95. The van der Waals surface area contributed by atoms with Gasteiger partial charge in [-0.05, 0) is 6.07 Å². The SMILES string of the molecule is CC(=O)Oc1cc2c(cc1Cl)C(=O)CO2. The van der Waals surface area contributed by atoms with Gasteiger partial charge >= 0.3 is 5.97 Å². The van der Waals surface area contributed by atoms with Crippen LogP contribution in [0.15, 0.2) is 12.1 Å². The zero-order valence-corrected chi connectivity index (χ0v) is 8.63. The lowest BCUT2D eigenvalue weighted by molar-refractivity contribution is -0.131. The van der Waals surface area contributed by atoms with Crippen molar-refractivity contribution in [3.05, 3.63) is 22.7 Å². The highest BCUT2D eigenvalue weighted by atomic mass is 35.5. The minimum Gasteiger partial charge on any atom is -0.485 e. The van der Waals surface area contributed by atoms with Gasteiger partial charge in [0.1, 0.15) is 5.75 Å². The Morgan fingerprint density at radius 2 is 2.27 bits per heavy atom. The van der Waals surface area contributed by atoms with Crippen molar-refractivity contribution < 1.29 is 19.1 Å². The van der Waals surface area contributed by atoms with E-state index >= 15 is 0 Å². The van der Waals surface area contributed by atoms with Gasteiger partial charge in [0, 0.05) is 13.0 Å². The van der Waals surface area contributed by atoms with Crippen molar-refractivity contribution in [2.45, 2.75) is 6.92 Å². The Morgan fingerprint density at radius 3 is 2.93 bits per heavy atom. The molecule has 0 bridgehead atoms. The Labute approximate surface area is 90.7 Å². The predicted octanol–water partition coefficient (Wildman–Crippen LogP) is 1.84. The van der Waals surface area contributed by atoms with Crippen LogP contribution in [-0.2, 0) is 4.79 Å². The van der Waals surface area contributed by atoms with Crippen LogP contribution in [0, 0.1) is 0 Å². The summed E-state index contributed by atoms with van der Waals surface area (Å²) < 4.78 is 9.93. The number of hydrogen-bond donors (Lipinski definition) is 0. The topological polar surface area (TPSA) is 52.6 Å². The summed E-state index contributed by atoms with van der Waals surface area (Å²) in [5, 5.41) is 0.225. The van der Waals surface area contributed by atoms with Crippen molar-refractivity contribution in [1.29, 1.82) is 0 Å². The molecule has 5 heteroatoms. The van der Waals surface area contributed by atoms with Crippen LogP contribution in [0.1, 0.15) is 17.3 Å². The van der Waals surface area contributed by atoms with Gasteiger partial charge in [-0.3, -0.25) is 9.59 Å². The molecule has 4 nitrogen and oxygen atoms in total. The van der Waals surface area contributed by atoms with Crippen LogP contribution >= 0.6 is 11.6 Å². The average Bonchev–Trinajstić information content (AvgIpc) is 2.48. The molecule has 78 valence electrons.